The van der Waals surface area contributed by atoms with Crippen molar-refractivity contribution in [3.8, 4) is 17.0 Å². The Balaban J connectivity index is 1.22. The molecule has 0 radical (unpaired) electrons. The maximum atomic E-state index is 12.8. The van der Waals surface area contributed by atoms with Gasteiger partial charge in [0, 0.05) is 54.9 Å². The standard InChI is InChI=1S/C23H23F2N7OS/c24-21(25)33-18-5-12(7-28-20(18)26)16-6-17(30-22(29-16)32-8-11-3-13(32)4-11)19-14-9-31(10-15(14)19)23-27-1-2-34-23/h1-2,5-7,11,13-15,19,21H,3-4,8-10H2,(H2,26,28). The Hall–Kier alpha value is -3.08. The van der Waals surface area contributed by atoms with E-state index in [1.165, 1.54) is 18.9 Å². The van der Waals surface area contributed by atoms with E-state index in [1.807, 2.05) is 17.6 Å². The van der Waals surface area contributed by atoms with Gasteiger partial charge in [0.15, 0.2) is 16.7 Å². The summed E-state index contributed by atoms with van der Waals surface area (Å²) in [5.41, 5.74) is 8.03. The molecule has 176 valence electrons. The van der Waals surface area contributed by atoms with E-state index in [0.717, 1.165) is 42.3 Å². The third-order valence-electron chi connectivity index (χ3n) is 7.72. The van der Waals surface area contributed by atoms with Gasteiger partial charge < -0.3 is 20.3 Å². The molecule has 8 nitrogen and oxygen atoms in total. The number of nitrogens with zero attached hydrogens (tertiary/aromatic N) is 6. The first-order valence-corrected chi connectivity index (χ1v) is 12.4. The quantitative estimate of drug-likeness (QED) is 0.568. The number of ether oxygens (including phenoxy) is 1. The van der Waals surface area contributed by atoms with Gasteiger partial charge in [0.25, 0.3) is 0 Å². The SMILES string of the molecule is Nc1ncc(-c2cc(C3C4CN(c5nccs5)CC43)nc(N3CC4CC3C4)n2)cc1OC(F)F. The monoisotopic (exact) mass is 483 g/mol. The number of pyridine rings is 1. The fraction of sp³-hybridized carbons (Fsp3) is 0.478. The van der Waals surface area contributed by atoms with E-state index in [9.17, 15) is 8.78 Å². The van der Waals surface area contributed by atoms with Crippen LogP contribution in [0.25, 0.3) is 11.3 Å². The Kier molecular flexibility index (Phi) is 4.46. The first-order chi connectivity index (χ1) is 16.5. The van der Waals surface area contributed by atoms with Crippen molar-refractivity contribution in [3.63, 3.8) is 0 Å². The number of fused-ring (bicyclic) bond motifs is 2. The molecule has 5 fully saturated rings. The molecule has 34 heavy (non-hydrogen) atoms. The second kappa shape index (κ2) is 7.46. The van der Waals surface area contributed by atoms with Crippen molar-refractivity contribution >= 4 is 28.2 Å². The summed E-state index contributed by atoms with van der Waals surface area (Å²) >= 11 is 1.67. The van der Waals surface area contributed by atoms with Crippen molar-refractivity contribution in [1.29, 1.82) is 0 Å². The number of rotatable bonds is 6. The van der Waals surface area contributed by atoms with Gasteiger partial charge in [-0.1, -0.05) is 0 Å². The number of piperidine rings is 1. The average molecular weight is 484 g/mol. The van der Waals surface area contributed by atoms with Crippen LogP contribution in [0.15, 0.2) is 29.9 Å². The molecule has 2 bridgehead atoms. The molecule has 6 heterocycles. The lowest BCUT2D eigenvalue weighted by atomic mass is 9.86. The van der Waals surface area contributed by atoms with E-state index >= 15 is 0 Å². The molecule has 3 aromatic rings. The molecule has 2 atom stereocenters. The smallest absolute Gasteiger partial charge is 0.387 e. The highest BCUT2D eigenvalue weighted by Gasteiger charge is 2.57. The van der Waals surface area contributed by atoms with Gasteiger partial charge in [-0.05, 0) is 42.7 Å². The maximum Gasteiger partial charge on any atom is 0.387 e. The molecule has 8 rings (SSSR count). The molecule has 3 saturated heterocycles. The highest BCUT2D eigenvalue weighted by molar-refractivity contribution is 7.13. The molecule has 0 spiro atoms. The third kappa shape index (κ3) is 3.28. The predicted molar refractivity (Wildman–Crippen MR) is 124 cm³/mol. The zero-order chi connectivity index (χ0) is 23.0. The fourth-order valence-electron chi connectivity index (χ4n) is 5.96. The number of halogens is 2. The van der Waals surface area contributed by atoms with Crippen LogP contribution in [-0.2, 0) is 0 Å². The van der Waals surface area contributed by atoms with Gasteiger partial charge in [-0.25, -0.2) is 19.9 Å². The summed E-state index contributed by atoms with van der Waals surface area (Å²) in [5, 5.41) is 3.08. The number of alkyl halides is 2. The zero-order valence-corrected chi connectivity index (χ0v) is 19.0. The molecule has 11 heteroatoms. The molecule has 0 amide bonds. The number of nitrogen functional groups attached to an aromatic ring is 1. The van der Waals surface area contributed by atoms with Crippen LogP contribution in [0, 0.1) is 17.8 Å². The molecule has 0 aromatic carbocycles. The van der Waals surface area contributed by atoms with Crippen LogP contribution in [0.4, 0.5) is 25.7 Å². The number of hydrogen-bond donors (Lipinski definition) is 1. The minimum Gasteiger partial charge on any atom is -0.431 e. The highest BCUT2D eigenvalue weighted by atomic mass is 32.1. The molecule has 5 aliphatic rings. The second-order valence-corrected chi connectivity index (χ2v) is 10.6. The van der Waals surface area contributed by atoms with Gasteiger partial charge in [-0.2, -0.15) is 8.78 Å². The van der Waals surface area contributed by atoms with Gasteiger partial charge in [-0.3, -0.25) is 0 Å². The van der Waals surface area contributed by atoms with Crippen LogP contribution < -0.4 is 20.3 Å². The summed E-state index contributed by atoms with van der Waals surface area (Å²) in [6.07, 6.45) is 5.79. The predicted octanol–water partition coefficient (Wildman–Crippen LogP) is 3.63. The lowest BCUT2D eigenvalue weighted by Crippen LogP contribution is -2.30. The molecule has 3 aromatic heterocycles. The molecule has 2 saturated carbocycles. The van der Waals surface area contributed by atoms with Crippen LogP contribution in [-0.4, -0.2) is 52.2 Å². The lowest BCUT2D eigenvalue weighted by molar-refractivity contribution is -0.0494. The minimum atomic E-state index is -2.97. The van der Waals surface area contributed by atoms with Crippen LogP contribution in [0.5, 0.6) is 5.75 Å². The topological polar surface area (TPSA) is 93.3 Å². The Labute approximate surface area is 198 Å². The second-order valence-electron chi connectivity index (χ2n) is 9.68. The largest absolute Gasteiger partial charge is 0.431 e. The Morgan fingerprint density at radius 3 is 2.59 bits per heavy atom. The minimum absolute atomic E-state index is 0.0714. The van der Waals surface area contributed by atoms with E-state index in [1.54, 1.807) is 17.5 Å². The van der Waals surface area contributed by atoms with E-state index in [2.05, 4.69) is 24.5 Å². The third-order valence-corrected chi connectivity index (χ3v) is 8.55. The van der Waals surface area contributed by atoms with Crippen molar-refractivity contribution in [2.24, 2.45) is 17.8 Å². The highest BCUT2D eigenvalue weighted by Crippen LogP contribution is 2.59. The van der Waals surface area contributed by atoms with E-state index < -0.39 is 6.61 Å². The van der Waals surface area contributed by atoms with E-state index in [0.29, 0.717) is 35.1 Å². The zero-order valence-electron chi connectivity index (χ0n) is 18.2. The van der Waals surface area contributed by atoms with Crippen molar-refractivity contribution in [2.75, 3.05) is 35.2 Å². The normalized spacial score (nSPS) is 28.9. The Bertz CT molecular complexity index is 1220. The summed E-state index contributed by atoms with van der Waals surface area (Å²) in [5.74, 6) is 2.68. The average Bonchev–Trinajstić information content (AvgIpc) is 3.40. The molecule has 2 aliphatic carbocycles. The number of hydrogen-bond acceptors (Lipinski definition) is 9. The summed E-state index contributed by atoms with van der Waals surface area (Å²) in [6.45, 7) is -0.0505. The molecular weight excluding hydrogens is 460 g/mol. The van der Waals surface area contributed by atoms with Crippen LogP contribution >= 0.6 is 11.3 Å². The Morgan fingerprint density at radius 1 is 1.09 bits per heavy atom. The number of anilines is 3. The van der Waals surface area contributed by atoms with Crippen molar-refractivity contribution in [1.82, 2.24) is 19.9 Å². The van der Waals surface area contributed by atoms with Gasteiger partial charge in [0.05, 0.1) is 11.4 Å². The first-order valence-electron chi connectivity index (χ1n) is 11.5. The lowest BCUT2D eigenvalue weighted by Gasteiger charge is -2.26. The molecular formula is C23H23F2N7OS. The molecule has 3 aliphatic heterocycles. The molecule has 2 unspecified atom stereocenters. The molecule has 2 N–H and O–H groups in total. The van der Waals surface area contributed by atoms with E-state index in [-0.39, 0.29) is 11.6 Å². The van der Waals surface area contributed by atoms with Crippen LogP contribution in [0.1, 0.15) is 24.5 Å². The summed E-state index contributed by atoms with van der Waals surface area (Å²) < 4.78 is 30.3. The fourth-order valence-corrected chi connectivity index (χ4v) is 6.62. The van der Waals surface area contributed by atoms with Crippen LogP contribution in [0.2, 0.25) is 0 Å². The van der Waals surface area contributed by atoms with Gasteiger partial charge in [-0.15, -0.1) is 11.3 Å². The van der Waals surface area contributed by atoms with Crippen molar-refractivity contribution < 1.29 is 13.5 Å². The summed E-state index contributed by atoms with van der Waals surface area (Å²) in [4.78, 5) is 23.1. The van der Waals surface area contributed by atoms with Crippen molar-refractivity contribution in [3.05, 3.63) is 35.6 Å². The number of aromatic nitrogens is 4. The maximum absolute atomic E-state index is 12.8. The van der Waals surface area contributed by atoms with Crippen molar-refractivity contribution in [2.45, 2.75) is 31.4 Å². The number of thiazole rings is 1. The first kappa shape index (κ1) is 20.3. The Morgan fingerprint density at radius 2 is 1.91 bits per heavy atom. The van der Waals surface area contributed by atoms with E-state index in [4.69, 9.17) is 15.7 Å². The van der Waals surface area contributed by atoms with Crippen LogP contribution in [0.3, 0.4) is 0 Å². The van der Waals surface area contributed by atoms with Gasteiger partial charge >= 0.3 is 6.61 Å². The van der Waals surface area contributed by atoms with Gasteiger partial charge in [0.2, 0.25) is 5.95 Å². The summed E-state index contributed by atoms with van der Waals surface area (Å²) in [7, 11) is 0. The van der Waals surface area contributed by atoms with Gasteiger partial charge in [0.1, 0.15) is 0 Å². The number of nitrogens with two attached hydrogens (primary N) is 1. The summed E-state index contributed by atoms with van der Waals surface area (Å²) in [6, 6.07) is 3.97.